The van der Waals surface area contributed by atoms with Crippen molar-refractivity contribution in [2.45, 2.75) is 12.8 Å². The van der Waals surface area contributed by atoms with E-state index in [1.165, 1.54) is 0 Å². The molecule has 1 aliphatic rings. The van der Waals surface area contributed by atoms with E-state index < -0.39 is 0 Å². The zero-order valence-corrected chi connectivity index (χ0v) is 11.8. The van der Waals surface area contributed by atoms with Gasteiger partial charge in [0.15, 0.2) is 0 Å². The number of hydrogen-bond donors (Lipinski definition) is 2. The van der Waals surface area contributed by atoms with E-state index in [1.807, 2.05) is 24.3 Å². The Morgan fingerprint density at radius 1 is 1.29 bits per heavy atom. The van der Waals surface area contributed by atoms with E-state index in [0.29, 0.717) is 0 Å². The lowest BCUT2D eigenvalue weighted by Gasteiger charge is -2.22. The van der Waals surface area contributed by atoms with Gasteiger partial charge >= 0.3 is 0 Å². The van der Waals surface area contributed by atoms with Crippen LogP contribution in [0.2, 0.25) is 0 Å². The Bertz CT molecular complexity index is 381. The smallest absolute Gasteiger partial charge is 0.227 e. The Morgan fingerprint density at radius 2 is 1.94 bits per heavy atom. The molecule has 0 saturated carbocycles. The van der Waals surface area contributed by atoms with Crippen LogP contribution in [0.4, 0.5) is 5.69 Å². The lowest BCUT2D eigenvalue weighted by Crippen LogP contribution is -2.34. The van der Waals surface area contributed by atoms with Crippen molar-refractivity contribution in [2.75, 3.05) is 18.4 Å². The van der Waals surface area contributed by atoms with E-state index >= 15 is 0 Å². The average molecular weight is 320 g/mol. The summed E-state index contributed by atoms with van der Waals surface area (Å²) in [6.07, 6.45) is 1.85. The maximum Gasteiger partial charge on any atom is 0.227 e. The molecular weight excluding hydrogens is 304 g/mol. The molecule has 1 aromatic rings. The number of carbonyl (C=O) groups is 1. The summed E-state index contributed by atoms with van der Waals surface area (Å²) in [5.74, 6) is 0.279. The predicted octanol–water partition coefficient (Wildman–Crippen LogP) is 2.81. The van der Waals surface area contributed by atoms with Crippen LogP contribution in [0.25, 0.3) is 0 Å². The molecule has 0 radical (unpaired) electrons. The SMILES string of the molecule is Cl.O=C(Nc1ccccc1Br)C1CCNCC1. The maximum atomic E-state index is 12.0. The molecule has 1 amide bonds. The van der Waals surface area contributed by atoms with Gasteiger partial charge in [0.1, 0.15) is 0 Å². The second kappa shape index (κ2) is 6.99. The summed E-state index contributed by atoms with van der Waals surface area (Å²) in [5.41, 5.74) is 0.853. The molecule has 17 heavy (non-hydrogen) atoms. The molecule has 0 unspecified atom stereocenters. The first kappa shape index (κ1) is 14.5. The van der Waals surface area contributed by atoms with Crippen molar-refractivity contribution in [1.82, 2.24) is 5.32 Å². The van der Waals surface area contributed by atoms with Gasteiger partial charge < -0.3 is 10.6 Å². The second-order valence-corrected chi connectivity index (χ2v) is 4.85. The molecule has 1 fully saturated rings. The van der Waals surface area contributed by atoms with Gasteiger partial charge in [-0.15, -0.1) is 12.4 Å². The molecule has 0 aliphatic carbocycles. The van der Waals surface area contributed by atoms with E-state index in [4.69, 9.17) is 0 Å². The van der Waals surface area contributed by atoms with E-state index in [-0.39, 0.29) is 24.2 Å². The zero-order valence-electron chi connectivity index (χ0n) is 9.41. The summed E-state index contributed by atoms with van der Waals surface area (Å²) >= 11 is 3.42. The van der Waals surface area contributed by atoms with Gasteiger partial charge in [0.05, 0.1) is 5.69 Å². The molecule has 1 heterocycles. The highest BCUT2D eigenvalue weighted by atomic mass is 79.9. The molecule has 1 aromatic carbocycles. The molecule has 0 atom stereocenters. The number of anilines is 1. The highest BCUT2D eigenvalue weighted by molar-refractivity contribution is 9.10. The number of rotatable bonds is 2. The summed E-state index contributed by atoms with van der Waals surface area (Å²) < 4.78 is 0.928. The highest BCUT2D eigenvalue weighted by Gasteiger charge is 2.21. The minimum Gasteiger partial charge on any atom is -0.325 e. The average Bonchev–Trinajstić information content (AvgIpc) is 2.33. The Kier molecular flexibility index (Phi) is 5.95. The maximum absolute atomic E-state index is 12.0. The Morgan fingerprint density at radius 3 is 2.59 bits per heavy atom. The van der Waals surface area contributed by atoms with Gasteiger partial charge in [-0.3, -0.25) is 4.79 Å². The normalized spacial score (nSPS) is 16.1. The molecule has 3 nitrogen and oxygen atoms in total. The third kappa shape index (κ3) is 3.98. The van der Waals surface area contributed by atoms with Crippen molar-refractivity contribution < 1.29 is 4.79 Å². The van der Waals surface area contributed by atoms with Crippen LogP contribution in [0.15, 0.2) is 28.7 Å². The first-order valence-corrected chi connectivity index (χ1v) is 6.33. The molecule has 0 bridgehead atoms. The van der Waals surface area contributed by atoms with Gasteiger partial charge in [-0.2, -0.15) is 0 Å². The molecule has 94 valence electrons. The van der Waals surface area contributed by atoms with Crippen LogP contribution >= 0.6 is 28.3 Å². The number of halogens is 2. The van der Waals surface area contributed by atoms with Crippen molar-refractivity contribution in [3.63, 3.8) is 0 Å². The number of nitrogens with one attached hydrogen (secondary N) is 2. The van der Waals surface area contributed by atoms with E-state index in [2.05, 4.69) is 26.6 Å². The predicted molar refractivity (Wildman–Crippen MR) is 75.6 cm³/mol. The van der Waals surface area contributed by atoms with Gasteiger partial charge in [0, 0.05) is 10.4 Å². The van der Waals surface area contributed by atoms with Gasteiger partial charge in [0.2, 0.25) is 5.91 Å². The van der Waals surface area contributed by atoms with Crippen molar-refractivity contribution in [3.05, 3.63) is 28.7 Å². The monoisotopic (exact) mass is 318 g/mol. The molecule has 0 aromatic heterocycles. The molecule has 2 rings (SSSR count). The van der Waals surface area contributed by atoms with E-state index in [9.17, 15) is 4.79 Å². The van der Waals surface area contributed by atoms with Crippen LogP contribution < -0.4 is 10.6 Å². The number of para-hydroxylation sites is 1. The summed E-state index contributed by atoms with van der Waals surface area (Å²) in [6.45, 7) is 1.88. The third-order valence-electron chi connectivity index (χ3n) is 2.84. The van der Waals surface area contributed by atoms with Crippen molar-refractivity contribution in [2.24, 2.45) is 5.92 Å². The van der Waals surface area contributed by atoms with Gasteiger partial charge in [-0.1, -0.05) is 12.1 Å². The lowest BCUT2D eigenvalue weighted by atomic mass is 9.97. The summed E-state index contributed by atoms with van der Waals surface area (Å²) in [5, 5.41) is 6.22. The number of piperidine rings is 1. The zero-order chi connectivity index (χ0) is 11.4. The molecule has 5 heteroatoms. The van der Waals surface area contributed by atoms with Crippen LogP contribution in [-0.4, -0.2) is 19.0 Å². The topological polar surface area (TPSA) is 41.1 Å². The highest BCUT2D eigenvalue weighted by Crippen LogP contribution is 2.23. The summed E-state index contributed by atoms with van der Waals surface area (Å²) in [6, 6.07) is 7.69. The minimum absolute atomic E-state index is 0. The standard InChI is InChI=1S/C12H15BrN2O.ClH/c13-10-3-1-2-4-11(10)15-12(16)9-5-7-14-8-6-9;/h1-4,9,14H,5-8H2,(H,15,16);1H. The molecule has 2 N–H and O–H groups in total. The fourth-order valence-corrected chi connectivity index (χ4v) is 2.27. The molecular formula is C12H16BrClN2O. The van der Waals surface area contributed by atoms with Gasteiger partial charge in [-0.05, 0) is 54.0 Å². The Balaban J connectivity index is 0.00000144. The molecule has 0 spiro atoms. The van der Waals surface area contributed by atoms with E-state index in [1.54, 1.807) is 0 Å². The molecule has 1 saturated heterocycles. The van der Waals surface area contributed by atoms with Crippen LogP contribution in [0, 0.1) is 5.92 Å². The van der Waals surface area contributed by atoms with Crippen LogP contribution in [0.5, 0.6) is 0 Å². The first-order valence-electron chi connectivity index (χ1n) is 5.53. The molecule has 1 aliphatic heterocycles. The third-order valence-corrected chi connectivity index (χ3v) is 3.53. The van der Waals surface area contributed by atoms with Crippen molar-refractivity contribution in [3.8, 4) is 0 Å². The fraction of sp³-hybridized carbons (Fsp3) is 0.417. The Hall–Kier alpha value is -0.580. The van der Waals surface area contributed by atoms with Crippen molar-refractivity contribution in [1.29, 1.82) is 0 Å². The first-order chi connectivity index (χ1) is 7.77. The summed E-state index contributed by atoms with van der Waals surface area (Å²) in [4.78, 5) is 12.0. The Labute approximate surface area is 116 Å². The van der Waals surface area contributed by atoms with Crippen molar-refractivity contribution >= 4 is 39.9 Å². The second-order valence-electron chi connectivity index (χ2n) is 3.99. The van der Waals surface area contributed by atoms with E-state index in [0.717, 1.165) is 36.1 Å². The quantitative estimate of drug-likeness (QED) is 0.880. The van der Waals surface area contributed by atoms with Crippen LogP contribution in [0.1, 0.15) is 12.8 Å². The fourth-order valence-electron chi connectivity index (χ4n) is 1.88. The lowest BCUT2D eigenvalue weighted by molar-refractivity contribution is -0.120. The number of hydrogen-bond acceptors (Lipinski definition) is 2. The number of benzene rings is 1. The minimum atomic E-state index is 0. The number of carbonyl (C=O) groups excluding carboxylic acids is 1. The van der Waals surface area contributed by atoms with Crippen LogP contribution in [0.3, 0.4) is 0 Å². The van der Waals surface area contributed by atoms with Gasteiger partial charge in [0.25, 0.3) is 0 Å². The number of amides is 1. The van der Waals surface area contributed by atoms with Crippen LogP contribution in [-0.2, 0) is 4.79 Å². The largest absolute Gasteiger partial charge is 0.325 e. The van der Waals surface area contributed by atoms with Gasteiger partial charge in [-0.25, -0.2) is 0 Å². The summed E-state index contributed by atoms with van der Waals surface area (Å²) in [7, 11) is 0.